The summed E-state index contributed by atoms with van der Waals surface area (Å²) in [5, 5.41) is 15.0. The van der Waals surface area contributed by atoms with Gasteiger partial charge in [-0.2, -0.15) is 5.26 Å². The van der Waals surface area contributed by atoms with Crippen molar-refractivity contribution < 1.29 is 4.74 Å². The zero-order valence-corrected chi connectivity index (χ0v) is 14.5. The number of nitriles is 1. The Morgan fingerprint density at radius 1 is 1.24 bits per heavy atom. The number of hydrogen-bond acceptors (Lipinski definition) is 4. The Morgan fingerprint density at radius 3 is 2.92 bits per heavy atom. The highest BCUT2D eigenvalue weighted by Crippen LogP contribution is 2.17. The van der Waals surface area contributed by atoms with Crippen LogP contribution >= 0.6 is 11.6 Å². The Kier molecular flexibility index (Phi) is 8.09. The van der Waals surface area contributed by atoms with Crippen molar-refractivity contribution in [1.29, 1.82) is 5.26 Å². The maximum Gasteiger partial charge on any atom is 0.209 e. The van der Waals surface area contributed by atoms with Crippen LogP contribution in [0.1, 0.15) is 19.3 Å². The van der Waals surface area contributed by atoms with Crippen LogP contribution in [0.2, 0.25) is 5.02 Å². The van der Waals surface area contributed by atoms with Crippen LogP contribution in [-0.2, 0) is 0 Å². The molecular weight excluding hydrogens is 338 g/mol. The lowest BCUT2D eigenvalue weighted by molar-refractivity contribution is 0.306. The number of aliphatic imine (C=N–C) groups is 1. The first-order chi connectivity index (χ1) is 12.3. The van der Waals surface area contributed by atoms with Crippen LogP contribution in [0.4, 0.5) is 5.69 Å². The number of nitrogens with zero attached hydrogens (tertiary/aromatic N) is 3. The lowest BCUT2D eigenvalue weighted by Gasteiger charge is -2.08. The summed E-state index contributed by atoms with van der Waals surface area (Å²) in [7, 11) is 0. The molecule has 6 nitrogen and oxygen atoms in total. The van der Waals surface area contributed by atoms with Crippen LogP contribution < -0.4 is 15.4 Å². The van der Waals surface area contributed by atoms with Crippen molar-refractivity contribution in [2.24, 2.45) is 4.99 Å². The lowest BCUT2D eigenvalue weighted by atomic mass is 10.2. The number of guanidine groups is 1. The molecule has 2 N–H and O–H groups in total. The predicted octanol–water partition coefficient (Wildman–Crippen LogP) is 3.82. The molecule has 0 aliphatic heterocycles. The number of rotatable bonds is 8. The van der Waals surface area contributed by atoms with Crippen LogP contribution in [0.3, 0.4) is 0 Å². The molecule has 1 aromatic carbocycles. The summed E-state index contributed by atoms with van der Waals surface area (Å²) in [6.45, 7) is 1.26. The molecule has 7 heteroatoms. The second-order valence-electron chi connectivity index (χ2n) is 5.20. The third-order valence-electron chi connectivity index (χ3n) is 3.24. The number of nitrogens with one attached hydrogen (secondary N) is 2. The largest absolute Gasteiger partial charge is 0.494 e. The van der Waals surface area contributed by atoms with E-state index in [1.54, 1.807) is 18.5 Å². The first-order valence-corrected chi connectivity index (χ1v) is 8.40. The zero-order valence-electron chi connectivity index (χ0n) is 13.8. The molecule has 0 bridgehead atoms. The Labute approximate surface area is 152 Å². The van der Waals surface area contributed by atoms with E-state index < -0.39 is 0 Å². The average Bonchev–Trinajstić information content (AvgIpc) is 2.62. The topological polar surface area (TPSA) is 82.3 Å². The van der Waals surface area contributed by atoms with Crippen molar-refractivity contribution >= 4 is 23.2 Å². The molecule has 0 aliphatic carbocycles. The van der Waals surface area contributed by atoms with Crippen LogP contribution in [0.25, 0.3) is 0 Å². The molecule has 0 radical (unpaired) electrons. The van der Waals surface area contributed by atoms with Gasteiger partial charge in [-0.3, -0.25) is 15.3 Å². The number of ether oxygens (including phenoxy) is 1. The molecule has 0 fully saturated rings. The quantitative estimate of drug-likeness (QED) is 0.247. The highest BCUT2D eigenvalue weighted by Gasteiger charge is 1.99. The Balaban J connectivity index is 1.65. The molecule has 0 spiro atoms. The van der Waals surface area contributed by atoms with Gasteiger partial charge in [-0.15, -0.1) is 0 Å². The number of halogens is 1. The van der Waals surface area contributed by atoms with E-state index in [-0.39, 0.29) is 0 Å². The van der Waals surface area contributed by atoms with Crippen LogP contribution in [0, 0.1) is 11.5 Å². The van der Waals surface area contributed by atoms with Gasteiger partial charge in [0, 0.05) is 17.8 Å². The molecule has 0 saturated carbocycles. The summed E-state index contributed by atoms with van der Waals surface area (Å²) in [6, 6.07) is 11.0. The van der Waals surface area contributed by atoms with Gasteiger partial charge in [-0.1, -0.05) is 17.7 Å². The van der Waals surface area contributed by atoms with Crippen LogP contribution in [0.15, 0.2) is 53.8 Å². The molecule has 25 heavy (non-hydrogen) atoms. The molecule has 2 aromatic rings. The average molecular weight is 358 g/mol. The monoisotopic (exact) mass is 357 g/mol. The Morgan fingerprint density at radius 2 is 2.16 bits per heavy atom. The van der Waals surface area contributed by atoms with Crippen molar-refractivity contribution in [3.05, 3.63) is 53.8 Å². The third-order valence-corrected chi connectivity index (χ3v) is 3.47. The number of anilines is 1. The highest BCUT2D eigenvalue weighted by molar-refractivity contribution is 6.30. The SMILES string of the molecule is N#CNC(=NCCCCCOc1cccc(Cl)c1)Nc1cccnc1. The summed E-state index contributed by atoms with van der Waals surface area (Å²) in [4.78, 5) is 8.37. The fraction of sp³-hybridized carbons (Fsp3) is 0.278. The van der Waals surface area contributed by atoms with Crippen molar-refractivity contribution in [1.82, 2.24) is 10.3 Å². The van der Waals surface area contributed by atoms with Crippen molar-refractivity contribution in [3.63, 3.8) is 0 Å². The Bertz CT molecular complexity index is 715. The number of benzene rings is 1. The van der Waals surface area contributed by atoms with Gasteiger partial charge in [0.05, 0.1) is 18.5 Å². The normalized spacial score (nSPS) is 10.8. The summed E-state index contributed by atoms with van der Waals surface area (Å²) in [6.07, 6.45) is 8.05. The molecule has 130 valence electrons. The van der Waals surface area contributed by atoms with Gasteiger partial charge in [0.1, 0.15) is 5.75 Å². The van der Waals surface area contributed by atoms with Crippen molar-refractivity contribution in [2.75, 3.05) is 18.5 Å². The first-order valence-electron chi connectivity index (χ1n) is 8.03. The lowest BCUT2D eigenvalue weighted by Crippen LogP contribution is -2.27. The summed E-state index contributed by atoms with van der Waals surface area (Å²) < 4.78 is 5.64. The molecule has 0 amide bonds. The Hall–Kier alpha value is -2.78. The van der Waals surface area contributed by atoms with E-state index >= 15 is 0 Å². The predicted molar refractivity (Wildman–Crippen MR) is 99.7 cm³/mol. The van der Waals surface area contributed by atoms with Crippen molar-refractivity contribution in [2.45, 2.75) is 19.3 Å². The summed E-state index contributed by atoms with van der Waals surface area (Å²) >= 11 is 5.91. The molecule has 0 unspecified atom stereocenters. The van der Waals surface area contributed by atoms with Gasteiger partial charge in [0.25, 0.3) is 0 Å². The zero-order chi connectivity index (χ0) is 17.7. The van der Waals surface area contributed by atoms with Crippen LogP contribution in [-0.4, -0.2) is 24.1 Å². The maximum absolute atomic E-state index is 8.79. The first kappa shape index (κ1) is 18.6. The standard InChI is InChI=1S/C18H20ClN5O/c19-15-6-4-8-17(12-15)25-11-3-1-2-10-22-18(23-14-20)24-16-7-5-9-21-13-16/h4-9,12-13H,1-3,10-11H2,(H2,22,23,24). The van der Waals surface area contributed by atoms with Gasteiger partial charge in [0.2, 0.25) is 5.96 Å². The second kappa shape index (κ2) is 10.9. The van der Waals surface area contributed by atoms with E-state index in [2.05, 4.69) is 20.6 Å². The summed E-state index contributed by atoms with van der Waals surface area (Å²) in [5.74, 6) is 1.21. The third kappa shape index (κ3) is 7.55. The van der Waals surface area contributed by atoms with E-state index in [1.165, 1.54) is 0 Å². The molecule has 2 rings (SSSR count). The van der Waals surface area contributed by atoms with E-state index in [0.29, 0.717) is 24.1 Å². The molecule has 0 aliphatic rings. The summed E-state index contributed by atoms with van der Waals surface area (Å²) in [5.41, 5.74) is 0.777. The minimum Gasteiger partial charge on any atom is -0.494 e. The smallest absolute Gasteiger partial charge is 0.209 e. The number of hydrogen-bond donors (Lipinski definition) is 2. The molecule has 0 saturated heterocycles. The van der Waals surface area contributed by atoms with Gasteiger partial charge in [0.15, 0.2) is 6.19 Å². The van der Waals surface area contributed by atoms with Gasteiger partial charge in [-0.25, -0.2) is 0 Å². The van der Waals surface area contributed by atoms with E-state index in [0.717, 1.165) is 30.7 Å². The van der Waals surface area contributed by atoms with Gasteiger partial charge >= 0.3 is 0 Å². The second-order valence-corrected chi connectivity index (χ2v) is 5.64. The molecule has 0 atom stereocenters. The van der Waals surface area contributed by atoms with E-state index in [1.807, 2.05) is 36.5 Å². The number of unbranched alkanes of at least 4 members (excludes halogenated alkanes) is 2. The van der Waals surface area contributed by atoms with Crippen molar-refractivity contribution in [3.8, 4) is 11.9 Å². The van der Waals surface area contributed by atoms with E-state index in [9.17, 15) is 0 Å². The fourth-order valence-electron chi connectivity index (χ4n) is 2.06. The minimum atomic E-state index is 0.422. The maximum atomic E-state index is 8.79. The number of aromatic nitrogens is 1. The fourth-order valence-corrected chi connectivity index (χ4v) is 2.25. The van der Waals surface area contributed by atoms with Gasteiger partial charge in [-0.05, 0) is 49.6 Å². The molecule has 1 heterocycles. The number of pyridine rings is 1. The highest BCUT2D eigenvalue weighted by atomic mass is 35.5. The van der Waals surface area contributed by atoms with Gasteiger partial charge < -0.3 is 10.1 Å². The van der Waals surface area contributed by atoms with E-state index in [4.69, 9.17) is 21.6 Å². The molecular formula is C18H20ClN5O. The molecule has 1 aromatic heterocycles. The van der Waals surface area contributed by atoms with Crippen LogP contribution in [0.5, 0.6) is 5.75 Å². The minimum absolute atomic E-state index is 0.422.